The lowest BCUT2D eigenvalue weighted by Gasteiger charge is -2.41. The number of carbonyl (C=O) groups excluding carboxylic acids is 1. The maximum atomic E-state index is 13.0. The molecule has 5 heteroatoms. The summed E-state index contributed by atoms with van der Waals surface area (Å²) in [5, 5.41) is 0. The molecule has 1 spiro atoms. The summed E-state index contributed by atoms with van der Waals surface area (Å²) in [6.07, 6.45) is 7.76. The van der Waals surface area contributed by atoms with E-state index in [4.69, 9.17) is 14.2 Å². The minimum absolute atomic E-state index is 0. The lowest BCUT2D eigenvalue weighted by Crippen LogP contribution is -2.37. The smallest absolute Gasteiger partial charge is 0.188 e. The molecule has 0 radical (unpaired) electrons. The molecule has 2 heterocycles. The lowest BCUT2D eigenvalue weighted by molar-refractivity contribution is -0.130. The van der Waals surface area contributed by atoms with Gasteiger partial charge in [-0.1, -0.05) is 48.8 Å². The van der Waals surface area contributed by atoms with E-state index in [2.05, 4.69) is 56.3 Å². The average molecular weight is 514 g/mol. The average Bonchev–Trinajstić information content (AvgIpc) is 3.34. The fourth-order valence-electron chi connectivity index (χ4n) is 7.10. The summed E-state index contributed by atoms with van der Waals surface area (Å²) in [4.78, 5) is 15.1. The van der Waals surface area contributed by atoms with E-state index in [1.165, 1.54) is 28.0 Å². The summed E-state index contributed by atoms with van der Waals surface area (Å²) in [5.41, 5.74) is 6.26. The summed E-state index contributed by atoms with van der Waals surface area (Å²) in [5.74, 6) is 0.625. The number of anilines is 1. The summed E-state index contributed by atoms with van der Waals surface area (Å²) in [6, 6.07) is 8.77. The molecule has 208 valence electrons. The van der Waals surface area contributed by atoms with Crippen molar-refractivity contribution >= 4 is 11.5 Å². The summed E-state index contributed by atoms with van der Waals surface area (Å²) < 4.78 is 18.8. The first kappa shape index (κ1) is 31.3. The summed E-state index contributed by atoms with van der Waals surface area (Å²) >= 11 is 0. The van der Waals surface area contributed by atoms with E-state index in [0.717, 1.165) is 32.1 Å². The molecule has 2 saturated heterocycles. The third-order valence-electron chi connectivity index (χ3n) is 8.92. The highest BCUT2D eigenvalue weighted by Gasteiger charge is 2.55. The van der Waals surface area contributed by atoms with Gasteiger partial charge in [-0.15, -0.1) is 0 Å². The van der Waals surface area contributed by atoms with Crippen LogP contribution in [-0.2, 0) is 19.0 Å². The fraction of sp³-hybridized carbons (Fsp3) is 0.656. The van der Waals surface area contributed by atoms with Gasteiger partial charge >= 0.3 is 0 Å². The van der Waals surface area contributed by atoms with E-state index in [-0.39, 0.29) is 41.2 Å². The van der Waals surface area contributed by atoms with Crippen molar-refractivity contribution in [3.8, 4) is 0 Å². The van der Waals surface area contributed by atoms with E-state index in [0.29, 0.717) is 43.9 Å². The Morgan fingerprint density at radius 3 is 2.24 bits per heavy atom. The number of hydrogen-bond acceptors (Lipinski definition) is 5. The van der Waals surface area contributed by atoms with Crippen molar-refractivity contribution in [2.75, 3.05) is 38.8 Å². The van der Waals surface area contributed by atoms with Gasteiger partial charge in [-0.05, 0) is 78.0 Å². The van der Waals surface area contributed by atoms with Crippen LogP contribution in [0, 0.1) is 17.3 Å². The minimum Gasteiger partial charge on any atom is -0.378 e. The zero-order valence-corrected chi connectivity index (χ0v) is 20.1. The first-order chi connectivity index (χ1) is 15.9. The van der Waals surface area contributed by atoms with Crippen molar-refractivity contribution < 1.29 is 19.0 Å². The van der Waals surface area contributed by atoms with Gasteiger partial charge < -0.3 is 19.1 Å². The number of allylic oxidation sites excluding steroid dienone is 2. The number of ketones is 1. The Hall–Kier alpha value is -1.95. The van der Waals surface area contributed by atoms with Gasteiger partial charge in [0.25, 0.3) is 0 Å². The van der Waals surface area contributed by atoms with Crippen LogP contribution in [0.15, 0.2) is 47.1 Å². The molecule has 0 N–H and O–H groups in total. The van der Waals surface area contributed by atoms with Crippen LogP contribution in [0.25, 0.3) is 0 Å². The number of hydrogen-bond donors (Lipinski definition) is 0. The molecular formula is C32H51NO4. The highest BCUT2D eigenvalue weighted by molar-refractivity contribution is 5.87. The first-order valence-corrected chi connectivity index (χ1v) is 12.6. The van der Waals surface area contributed by atoms with Gasteiger partial charge in [-0.2, -0.15) is 0 Å². The van der Waals surface area contributed by atoms with Gasteiger partial charge in [-0.25, -0.2) is 0 Å². The Balaban J connectivity index is 0.00000120. The molecule has 1 aromatic rings. The van der Waals surface area contributed by atoms with Crippen molar-refractivity contribution in [2.45, 2.75) is 87.0 Å². The van der Waals surface area contributed by atoms with E-state index >= 15 is 0 Å². The number of Topliss-reactive ketones (excluding diaryl/α,β-unsaturated/α-hetero) is 1. The molecule has 5 nitrogen and oxygen atoms in total. The second kappa shape index (κ2) is 11.4. The Kier molecular flexibility index (Phi) is 9.66. The molecule has 2 unspecified atom stereocenters. The fourth-order valence-corrected chi connectivity index (χ4v) is 7.10. The number of ether oxygens (including phenoxy) is 3. The number of carbonyl (C=O) groups is 1. The zero-order valence-electron chi connectivity index (χ0n) is 20.1. The maximum absolute atomic E-state index is 13.0. The van der Waals surface area contributed by atoms with Crippen molar-refractivity contribution in [3.05, 3.63) is 52.6 Å². The molecule has 5 aliphatic rings. The topological polar surface area (TPSA) is 48.0 Å². The number of benzene rings is 1. The summed E-state index contributed by atoms with van der Waals surface area (Å²) in [7, 11) is 4.13. The molecule has 6 rings (SSSR count). The van der Waals surface area contributed by atoms with Gasteiger partial charge in [0.05, 0.1) is 25.2 Å². The normalized spacial score (nSPS) is 31.3. The Bertz CT molecular complexity index is 1020. The van der Waals surface area contributed by atoms with E-state index in [1.54, 1.807) is 0 Å². The van der Waals surface area contributed by atoms with E-state index in [9.17, 15) is 4.79 Å². The maximum Gasteiger partial charge on any atom is 0.188 e. The van der Waals surface area contributed by atoms with Crippen LogP contribution >= 0.6 is 0 Å². The van der Waals surface area contributed by atoms with Crippen LogP contribution in [0.3, 0.4) is 0 Å². The standard InChI is InChI=1S/C28H35NO4.4CH4/c1-27-17-31-26(18-4-7-20(8-5-18)29(2)3)25-21-12-13-28(32-14-15-33-28)16-19(21)6-9-22(25)23(27)10-11-24(27)30;;;;/h4-5,7-8,16,22-23,26H,6,9-15,17H2,1-3H3;4*1H4/t22?,23?,26-,27+;;;;/m1..../s1. The molecule has 3 aliphatic carbocycles. The molecule has 0 aromatic heterocycles. The number of rotatable bonds is 2. The van der Waals surface area contributed by atoms with Crippen molar-refractivity contribution in [1.82, 2.24) is 0 Å². The Labute approximate surface area is 226 Å². The van der Waals surface area contributed by atoms with Crippen LogP contribution in [0.5, 0.6) is 0 Å². The van der Waals surface area contributed by atoms with Crippen LogP contribution in [0.2, 0.25) is 0 Å². The van der Waals surface area contributed by atoms with E-state index < -0.39 is 5.79 Å². The first-order valence-electron chi connectivity index (χ1n) is 12.6. The molecule has 1 saturated carbocycles. The number of nitrogens with zero attached hydrogens (tertiary/aromatic N) is 1. The molecule has 0 bridgehead atoms. The van der Waals surface area contributed by atoms with Gasteiger partial charge in [0.15, 0.2) is 5.79 Å². The SMILES string of the molecule is C.C.C.C.CN(C)c1ccc([C@H]2OC[C@]3(C)C(=O)CCC3C3CCC4=CC5(CCC4=C32)OCCO5)cc1. The van der Waals surface area contributed by atoms with Crippen molar-refractivity contribution in [1.29, 1.82) is 0 Å². The monoisotopic (exact) mass is 513 g/mol. The third kappa shape index (κ3) is 4.95. The zero-order chi connectivity index (χ0) is 22.8. The molecule has 1 aromatic carbocycles. The minimum atomic E-state index is -0.529. The highest BCUT2D eigenvalue weighted by atomic mass is 16.7. The number of fused-ring (bicyclic) bond motifs is 4. The van der Waals surface area contributed by atoms with Gasteiger partial charge in [0.1, 0.15) is 11.9 Å². The highest BCUT2D eigenvalue weighted by Crippen LogP contribution is 2.58. The van der Waals surface area contributed by atoms with Gasteiger partial charge in [0, 0.05) is 32.6 Å². The molecule has 2 aliphatic heterocycles. The largest absolute Gasteiger partial charge is 0.378 e. The van der Waals surface area contributed by atoms with E-state index in [1.807, 2.05) is 0 Å². The van der Waals surface area contributed by atoms with Crippen LogP contribution in [0.4, 0.5) is 5.69 Å². The van der Waals surface area contributed by atoms with Crippen LogP contribution in [-0.4, -0.2) is 45.5 Å². The van der Waals surface area contributed by atoms with Crippen molar-refractivity contribution in [2.24, 2.45) is 17.3 Å². The summed E-state index contributed by atoms with van der Waals surface area (Å²) in [6.45, 7) is 4.02. The molecule has 4 atom stereocenters. The van der Waals surface area contributed by atoms with Crippen molar-refractivity contribution in [3.63, 3.8) is 0 Å². The second-order valence-electron chi connectivity index (χ2n) is 10.9. The molecule has 3 fully saturated rings. The van der Waals surface area contributed by atoms with Crippen LogP contribution < -0.4 is 4.90 Å². The molecular weight excluding hydrogens is 462 g/mol. The van der Waals surface area contributed by atoms with Gasteiger partial charge in [-0.3, -0.25) is 4.79 Å². The molecule has 0 amide bonds. The Morgan fingerprint density at radius 2 is 1.59 bits per heavy atom. The predicted molar refractivity (Wildman–Crippen MR) is 154 cm³/mol. The Morgan fingerprint density at radius 1 is 0.919 bits per heavy atom. The van der Waals surface area contributed by atoms with Crippen LogP contribution in [0.1, 0.15) is 86.8 Å². The molecule has 37 heavy (non-hydrogen) atoms. The quantitative estimate of drug-likeness (QED) is 0.409. The van der Waals surface area contributed by atoms with Gasteiger partial charge in [0.2, 0.25) is 0 Å². The predicted octanol–water partition coefficient (Wildman–Crippen LogP) is 7.52. The second-order valence-corrected chi connectivity index (χ2v) is 10.9. The third-order valence-corrected chi connectivity index (χ3v) is 8.92. The lowest BCUT2D eigenvalue weighted by atomic mass is 9.63.